The second-order valence-corrected chi connectivity index (χ2v) is 5.57. The van der Waals surface area contributed by atoms with Crippen molar-refractivity contribution in [1.82, 2.24) is 0 Å². The van der Waals surface area contributed by atoms with Crippen LogP contribution < -0.4 is 4.90 Å². The first-order chi connectivity index (χ1) is 7.83. The summed E-state index contributed by atoms with van der Waals surface area (Å²) in [5.41, 5.74) is 1.87. The van der Waals surface area contributed by atoms with Crippen LogP contribution in [0.3, 0.4) is 0 Å². The summed E-state index contributed by atoms with van der Waals surface area (Å²) in [7, 11) is 2.01. The van der Waals surface area contributed by atoms with Gasteiger partial charge in [0.2, 0.25) is 0 Å². The highest BCUT2D eigenvalue weighted by molar-refractivity contribution is 5.47. The summed E-state index contributed by atoms with van der Waals surface area (Å²) in [6.07, 6.45) is 1.17. The molecule has 0 radical (unpaired) electrons. The Balaban J connectivity index is 2.74. The predicted octanol–water partition coefficient (Wildman–Crippen LogP) is 3.41. The number of likely N-dealkylation sites (N-methyl/N-ethyl adjacent to an activating group) is 1. The van der Waals surface area contributed by atoms with Crippen LogP contribution in [0.4, 0.5) is 5.69 Å². The second-order valence-electron chi connectivity index (χ2n) is 5.57. The van der Waals surface area contributed by atoms with Gasteiger partial charge in [-0.2, -0.15) is 0 Å². The number of nitrogens with zero attached hydrogens (tertiary/aromatic N) is 1. The Hall–Kier alpha value is -1.02. The van der Waals surface area contributed by atoms with Gasteiger partial charge >= 0.3 is 0 Å². The normalized spacial score (nSPS) is 13.5. The molecule has 1 N–H and O–H groups in total. The van der Waals surface area contributed by atoms with Gasteiger partial charge in [-0.05, 0) is 43.9 Å². The first-order valence-electron chi connectivity index (χ1n) is 6.37. The van der Waals surface area contributed by atoms with Crippen molar-refractivity contribution in [2.45, 2.75) is 45.6 Å². The molecule has 0 bridgehead atoms. The molecule has 1 rings (SSSR count). The van der Waals surface area contributed by atoms with E-state index in [-0.39, 0.29) is 0 Å². The molecule has 17 heavy (non-hydrogen) atoms. The van der Waals surface area contributed by atoms with Gasteiger partial charge in [0.05, 0.1) is 5.60 Å². The Morgan fingerprint density at radius 1 is 1.24 bits per heavy atom. The molecule has 2 nitrogen and oxygen atoms in total. The highest BCUT2D eigenvalue weighted by Crippen LogP contribution is 2.22. The first-order valence-corrected chi connectivity index (χ1v) is 6.37. The number of aliphatic hydroxyl groups is 1. The van der Waals surface area contributed by atoms with Crippen LogP contribution in [0.15, 0.2) is 24.3 Å². The van der Waals surface area contributed by atoms with E-state index in [4.69, 9.17) is 0 Å². The van der Waals surface area contributed by atoms with Crippen molar-refractivity contribution >= 4 is 5.69 Å². The van der Waals surface area contributed by atoms with E-state index in [2.05, 4.69) is 43.0 Å². The summed E-state index contributed by atoms with van der Waals surface area (Å²) in [6, 6.07) is 8.63. The van der Waals surface area contributed by atoms with Crippen LogP contribution in [0.25, 0.3) is 0 Å². The maximum absolute atomic E-state index is 9.79. The van der Waals surface area contributed by atoms with Gasteiger partial charge < -0.3 is 10.0 Å². The van der Waals surface area contributed by atoms with Crippen LogP contribution in [0.2, 0.25) is 0 Å². The van der Waals surface area contributed by atoms with Gasteiger partial charge in [-0.3, -0.25) is 0 Å². The van der Waals surface area contributed by atoms with Crippen LogP contribution in [-0.4, -0.2) is 24.3 Å². The molecule has 0 saturated heterocycles. The highest BCUT2D eigenvalue weighted by atomic mass is 16.3. The molecule has 0 saturated carbocycles. The minimum Gasteiger partial charge on any atom is -0.389 e. The van der Waals surface area contributed by atoms with Crippen molar-refractivity contribution < 1.29 is 5.11 Å². The first kappa shape index (κ1) is 14.0. The van der Waals surface area contributed by atoms with E-state index >= 15 is 0 Å². The lowest BCUT2D eigenvalue weighted by atomic mass is 9.98. The quantitative estimate of drug-likeness (QED) is 0.845. The van der Waals surface area contributed by atoms with Crippen LogP contribution >= 0.6 is 0 Å². The van der Waals surface area contributed by atoms with Crippen LogP contribution in [0.1, 0.15) is 45.6 Å². The molecule has 1 aromatic rings. The van der Waals surface area contributed by atoms with Crippen LogP contribution in [0.5, 0.6) is 0 Å². The molecule has 0 aliphatic rings. The minimum absolute atomic E-state index is 0.614. The maximum atomic E-state index is 9.79. The Morgan fingerprint density at radius 2 is 1.76 bits per heavy atom. The van der Waals surface area contributed by atoms with Crippen molar-refractivity contribution in [2.24, 2.45) is 0 Å². The molecule has 96 valence electrons. The number of hydrogen-bond acceptors (Lipinski definition) is 2. The summed E-state index contributed by atoms with van der Waals surface area (Å²) in [5, 5.41) is 9.79. The highest BCUT2D eigenvalue weighted by Gasteiger charge is 2.15. The van der Waals surface area contributed by atoms with Gasteiger partial charge in [0, 0.05) is 19.3 Å². The molecule has 0 amide bonds. The second kappa shape index (κ2) is 5.54. The molecule has 2 heteroatoms. The summed E-state index contributed by atoms with van der Waals surface area (Å²) in [4.78, 5) is 2.08. The fourth-order valence-electron chi connectivity index (χ4n) is 1.96. The van der Waals surface area contributed by atoms with Gasteiger partial charge in [0.25, 0.3) is 0 Å². The summed E-state index contributed by atoms with van der Waals surface area (Å²) >= 11 is 0. The fraction of sp³-hybridized carbons (Fsp3) is 0.600. The number of benzene rings is 1. The molecular weight excluding hydrogens is 210 g/mol. The lowest BCUT2D eigenvalue weighted by molar-refractivity contribution is 0.0886. The minimum atomic E-state index is -0.663. The molecule has 0 aliphatic carbocycles. The van der Waals surface area contributed by atoms with E-state index in [0.29, 0.717) is 12.5 Å². The molecule has 0 spiro atoms. The third kappa shape index (κ3) is 4.39. The Kier molecular flexibility index (Phi) is 4.58. The summed E-state index contributed by atoms with van der Waals surface area (Å²) in [6.45, 7) is 8.75. The molecule has 1 unspecified atom stereocenters. The summed E-state index contributed by atoms with van der Waals surface area (Å²) in [5.74, 6) is 0.614. The Labute approximate surface area is 105 Å². The van der Waals surface area contributed by atoms with E-state index in [1.807, 2.05) is 20.9 Å². The molecule has 0 fully saturated rings. The largest absolute Gasteiger partial charge is 0.389 e. The van der Waals surface area contributed by atoms with Gasteiger partial charge in [0.1, 0.15) is 0 Å². The van der Waals surface area contributed by atoms with Crippen molar-refractivity contribution in [3.63, 3.8) is 0 Å². The van der Waals surface area contributed by atoms with E-state index in [9.17, 15) is 5.11 Å². The van der Waals surface area contributed by atoms with E-state index in [1.54, 1.807) is 0 Å². The number of anilines is 1. The van der Waals surface area contributed by atoms with E-state index in [0.717, 1.165) is 5.69 Å². The molecule has 0 heterocycles. The molecule has 0 aliphatic heterocycles. The van der Waals surface area contributed by atoms with E-state index < -0.39 is 5.60 Å². The number of rotatable bonds is 5. The molecule has 0 aromatic heterocycles. The standard InChI is InChI=1S/C15H25NO/c1-6-12(2)13-7-9-14(10-8-13)16(5)11-15(3,4)17/h7-10,12,17H,6,11H2,1-5H3. The molecule has 1 aromatic carbocycles. The fourth-order valence-corrected chi connectivity index (χ4v) is 1.96. The van der Waals surface area contributed by atoms with Crippen molar-refractivity contribution in [2.75, 3.05) is 18.5 Å². The lowest BCUT2D eigenvalue weighted by Crippen LogP contribution is -2.36. The zero-order chi connectivity index (χ0) is 13.1. The average Bonchev–Trinajstić information content (AvgIpc) is 2.26. The van der Waals surface area contributed by atoms with Crippen molar-refractivity contribution in [3.05, 3.63) is 29.8 Å². The van der Waals surface area contributed by atoms with Gasteiger partial charge in [-0.25, -0.2) is 0 Å². The van der Waals surface area contributed by atoms with Crippen LogP contribution in [-0.2, 0) is 0 Å². The lowest BCUT2D eigenvalue weighted by Gasteiger charge is -2.27. The third-order valence-electron chi connectivity index (χ3n) is 3.14. The summed E-state index contributed by atoms with van der Waals surface area (Å²) < 4.78 is 0. The maximum Gasteiger partial charge on any atom is 0.0765 e. The Morgan fingerprint density at radius 3 is 2.18 bits per heavy atom. The molecule has 1 atom stereocenters. The Bertz CT molecular complexity index is 337. The predicted molar refractivity (Wildman–Crippen MR) is 74.7 cm³/mol. The van der Waals surface area contributed by atoms with Crippen molar-refractivity contribution in [3.8, 4) is 0 Å². The molecular formula is C15H25NO. The SMILES string of the molecule is CCC(C)c1ccc(N(C)CC(C)(C)O)cc1. The van der Waals surface area contributed by atoms with Crippen LogP contribution in [0, 0.1) is 0 Å². The van der Waals surface area contributed by atoms with Crippen molar-refractivity contribution in [1.29, 1.82) is 0 Å². The average molecular weight is 235 g/mol. The third-order valence-corrected chi connectivity index (χ3v) is 3.14. The van der Waals surface area contributed by atoms with Gasteiger partial charge in [-0.1, -0.05) is 26.0 Å². The smallest absolute Gasteiger partial charge is 0.0765 e. The monoisotopic (exact) mass is 235 g/mol. The van der Waals surface area contributed by atoms with E-state index in [1.165, 1.54) is 12.0 Å². The topological polar surface area (TPSA) is 23.5 Å². The zero-order valence-corrected chi connectivity index (χ0v) is 11.7. The number of hydrogen-bond donors (Lipinski definition) is 1. The zero-order valence-electron chi connectivity index (χ0n) is 11.7. The van der Waals surface area contributed by atoms with Gasteiger partial charge in [-0.15, -0.1) is 0 Å². The van der Waals surface area contributed by atoms with Gasteiger partial charge in [0.15, 0.2) is 0 Å².